The summed E-state index contributed by atoms with van der Waals surface area (Å²) in [6.07, 6.45) is 4.95. The van der Waals surface area contributed by atoms with Gasteiger partial charge in [0.25, 0.3) is 0 Å². The van der Waals surface area contributed by atoms with Gasteiger partial charge in [-0.2, -0.15) is 0 Å². The van der Waals surface area contributed by atoms with E-state index in [2.05, 4.69) is 13.2 Å². The number of carbonyl (C=O) groups excluding carboxylic acids is 2. The average molecular weight is 276 g/mol. The van der Waals surface area contributed by atoms with Crippen molar-refractivity contribution in [3.8, 4) is 0 Å². The fourth-order valence-corrected chi connectivity index (χ4v) is 4.07. The predicted molar refractivity (Wildman–Crippen MR) is 74.0 cm³/mol. The molecule has 0 heterocycles. The molecule has 0 aromatic rings. The summed E-state index contributed by atoms with van der Waals surface area (Å²) in [5.74, 6) is -0.934. The number of hydrogen-bond acceptors (Lipinski definition) is 3. The minimum absolute atomic E-state index is 0.0332. The highest BCUT2D eigenvalue weighted by molar-refractivity contribution is 5.94. The first-order valence-electron chi connectivity index (χ1n) is 7.04. The van der Waals surface area contributed by atoms with E-state index in [0.717, 1.165) is 12.8 Å². The molecule has 0 bridgehead atoms. The van der Waals surface area contributed by atoms with Crippen LogP contribution in [0.2, 0.25) is 0 Å². The fraction of sp³-hybridized carbons (Fsp3) is 0.562. The smallest absolute Gasteiger partial charge is 0.303 e. The topological polar surface area (TPSA) is 71.4 Å². The van der Waals surface area contributed by atoms with Crippen LogP contribution in [0.4, 0.5) is 0 Å². The molecular formula is C16H20O4. The summed E-state index contributed by atoms with van der Waals surface area (Å²) >= 11 is 0. The minimum Gasteiger partial charge on any atom is -0.481 e. The third kappa shape index (κ3) is 2.47. The Kier molecular flexibility index (Phi) is 4.21. The van der Waals surface area contributed by atoms with Crippen molar-refractivity contribution in [3.05, 3.63) is 25.3 Å². The Morgan fingerprint density at radius 3 is 2.25 bits per heavy atom. The largest absolute Gasteiger partial charge is 0.481 e. The first-order valence-corrected chi connectivity index (χ1v) is 7.04. The summed E-state index contributed by atoms with van der Waals surface area (Å²) in [5.41, 5.74) is 0. The molecule has 0 saturated heterocycles. The Morgan fingerprint density at radius 1 is 1.05 bits per heavy atom. The Bertz CT molecular complexity index is 465. The molecule has 2 saturated carbocycles. The molecule has 2 aliphatic carbocycles. The molecule has 4 heteroatoms. The third-order valence-corrected chi connectivity index (χ3v) is 4.97. The zero-order valence-electron chi connectivity index (χ0n) is 11.5. The van der Waals surface area contributed by atoms with E-state index < -0.39 is 5.97 Å². The molecule has 0 aromatic carbocycles. The van der Waals surface area contributed by atoms with Crippen molar-refractivity contribution in [1.29, 1.82) is 0 Å². The highest BCUT2D eigenvalue weighted by Gasteiger charge is 2.55. The van der Waals surface area contributed by atoms with Gasteiger partial charge >= 0.3 is 5.97 Å². The van der Waals surface area contributed by atoms with Gasteiger partial charge in [0.05, 0.1) is 0 Å². The molecule has 0 amide bonds. The number of aliphatic carboxylic acids is 1. The molecule has 2 rings (SSSR count). The second-order valence-corrected chi connectivity index (χ2v) is 5.84. The summed E-state index contributed by atoms with van der Waals surface area (Å²) in [5, 5.41) is 8.99. The number of carbonyl (C=O) groups is 3. The van der Waals surface area contributed by atoms with Crippen LogP contribution in [0.1, 0.15) is 25.7 Å². The summed E-state index contributed by atoms with van der Waals surface area (Å²) in [6.45, 7) is 7.02. The molecule has 5 unspecified atom stereocenters. The molecule has 1 N–H and O–H groups in total. The molecule has 2 fully saturated rings. The van der Waals surface area contributed by atoms with Crippen LogP contribution in [-0.2, 0) is 14.4 Å². The summed E-state index contributed by atoms with van der Waals surface area (Å²) in [4.78, 5) is 34.6. The highest BCUT2D eigenvalue weighted by Crippen LogP contribution is 2.56. The van der Waals surface area contributed by atoms with Gasteiger partial charge in [0.1, 0.15) is 0 Å². The van der Waals surface area contributed by atoms with Crippen LogP contribution < -0.4 is 0 Å². The lowest BCUT2D eigenvalue weighted by molar-refractivity contribution is -0.153. The van der Waals surface area contributed by atoms with Crippen LogP contribution in [0.15, 0.2) is 25.3 Å². The Labute approximate surface area is 118 Å². The maximum atomic E-state index is 12.0. The molecule has 0 aliphatic heterocycles. The van der Waals surface area contributed by atoms with Crippen molar-refractivity contribution in [3.63, 3.8) is 0 Å². The predicted octanol–water partition coefficient (Wildman–Crippen LogP) is 2.25. The maximum Gasteiger partial charge on any atom is 0.303 e. The molecule has 108 valence electrons. The van der Waals surface area contributed by atoms with Gasteiger partial charge in [-0.3, -0.25) is 14.4 Å². The Hall–Kier alpha value is -1.71. The lowest BCUT2D eigenvalue weighted by Crippen LogP contribution is -2.54. The van der Waals surface area contributed by atoms with E-state index in [1.54, 1.807) is 0 Å². The van der Waals surface area contributed by atoms with Gasteiger partial charge in [0.15, 0.2) is 11.6 Å². The lowest BCUT2D eigenvalue weighted by atomic mass is 9.48. The first-order chi connectivity index (χ1) is 9.49. The van der Waals surface area contributed by atoms with E-state index in [-0.39, 0.29) is 47.6 Å². The van der Waals surface area contributed by atoms with Crippen LogP contribution in [0.25, 0.3) is 0 Å². The van der Waals surface area contributed by atoms with Gasteiger partial charge in [-0.15, -0.1) is 0 Å². The zero-order chi connectivity index (χ0) is 14.9. The third-order valence-electron chi connectivity index (χ3n) is 4.97. The quantitative estimate of drug-likeness (QED) is 0.755. The first kappa shape index (κ1) is 14.7. The molecule has 0 radical (unpaired) electrons. The molecular weight excluding hydrogens is 256 g/mol. The van der Waals surface area contributed by atoms with Crippen molar-refractivity contribution < 1.29 is 19.5 Å². The van der Waals surface area contributed by atoms with Gasteiger partial charge < -0.3 is 5.11 Å². The van der Waals surface area contributed by atoms with Crippen molar-refractivity contribution in [2.24, 2.45) is 29.6 Å². The van der Waals surface area contributed by atoms with Crippen molar-refractivity contribution in [1.82, 2.24) is 0 Å². The van der Waals surface area contributed by atoms with Crippen LogP contribution in [0, 0.1) is 29.6 Å². The number of allylic oxidation sites excluding steroid dienone is 2. The van der Waals surface area contributed by atoms with Crippen molar-refractivity contribution in [2.75, 3.05) is 0 Å². The highest BCUT2D eigenvalue weighted by atomic mass is 16.4. The number of rotatable bonds is 6. The molecule has 20 heavy (non-hydrogen) atoms. The van der Waals surface area contributed by atoms with Gasteiger partial charge in [0, 0.05) is 18.3 Å². The number of carboxylic acid groups (broad SMARTS) is 1. The van der Waals surface area contributed by atoms with E-state index in [0.29, 0.717) is 6.42 Å². The standard InChI is InChI=1S/C16H20O4/c1-3-13(17)9-5-6-10-11(7-9)16(14(18)4-2)12(10)8-15(19)20/h3-4,9-12,16H,1-2,5-8H2,(H,19,20). The van der Waals surface area contributed by atoms with Crippen LogP contribution in [0.5, 0.6) is 0 Å². The monoisotopic (exact) mass is 276 g/mol. The van der Waals surface area contributed by atoms with Crippen molar-refractivity contribution >= 4 is 17.5 Å². The number of ketones is 2. The van der Waals surface area contributed by atoms with Crippen LogP contribution in [-0.4, -0.2) is 22.6 Å². The molecule has 0 spiro atoms. The van der Waals surface area contributed by atoms with Crippen LogP contribution in [0.3, 0.4) is 0 Å². The van der Waals surface area contributed by atoms with E-state index in [9.17, 15) is 14.4 Å². The molecule has 2 aliphatic rings. The van der Waals surface area contributed by atoms with Gasteiger partial charge in [-0.1, -0.05) is 13.2 Å². The molecule has 4 nitrogen and oxygen atoms in total. The average Bonchev–Trinajstić information content (AvgIpc) is 2.43. The zero-order valence-corrected chi connectivity index (χ0v) is 11.5. The minimum atomic E-state index is -0.861. The van der Waals surface area contributed by atoms with Gasteiger partial charge in [-0.05, 0) is 49.2 Å². The SMILES string of the molecule is C=CC(=O)C1CCC2C(CC(=O)O)C(C(=O)C=C)C2C1. The Morgan fingerprint density at radius 2 is 1.70 bits per heavy atom. The molecule has 0 aromatic heterocycles. The van der Waals surface area contributed by atoms with Gasteiger partial charge in [0.2, 0.25) is 0 Å². The fourth-order valence-electron chi connectivity index (χ4n) is 4.07. The summed E-state index contributed by atoms with van der Waals surface area (Å²) in [6, 6.07) is 0. The van der Waals surface area contributed by atoms with E-state index in [4.69, 9.17) is 5.11 Å². The summed E-state index contributed by atoms with van der Waals surface area (Å²) in [7, 11) is 0. The number of carboxylic acids is 1. The lowest BCUT2D eigenvalue weighted by Gasteiger charge is -2.54. The van der Waals surface area contributed by atoms with E-state index in [1.165, 1.54) is 12.2 Å². The number of hydrogen-bond donors (Lipinski definition) is 1. The van der Waals surface area contributed by atoms with Crippen molar-refractivity contribution in [2.45, 2.75) is 25.7 Å². The summed E-state index contributed by atoms with van der Waals surface area (Å²) < 4.78 is 0. The van der Waals surface area contributed by atoms with Crippen LogP contribution >= 0.6 is 0 Å². The number of fused-ring (bicyclic) bond motifs is 1. The van der Waals surface area contributed by atoms with E-state index in [1.807, 2.05) is 0 Å². The van der Waals surface area contributed by atoms with Gasteiger partial charge in [-0.25, -0.2) is 0 Å². The molecule has 5 atom stereocenters. The van der Waals surface area contributed by atoms with E-state index >= 15 is 0 Å². The maximum absolute atomic E-state index is 12.0. The second kappa shape index (κ2) is 5.73. The normalized spacial score (nSPS) is 35.3. The second-order valence-electron chi connectivity index (χ2n) is 5.84. The Balaban J connectivity index is 2.13.